The summed E-state index contributed by atoms with van der Waals surface area (Å²) in [4.78, 5) is 18.2. The van der Waals surface area contributed by atoms with E-state index in [1.165, 1.54) is 18.2 Å². The van der Waals surface area contributed by atoms with Crippen LogP contribution in [0.3, 0.4) is 0 Å². The summed E-state index contributed by atoms with van der Waals surface area (Å²) >= 11 is 5.77. The van der Waals surface area contributed by atoms with Crippen molar-refractivity contribution in [1.29, 1.82) is 0 Å². The van der Waals surface area contributed by atoms with Crippen molar-refractivity contribution in [3.63, 3.8) is 0 Å². The van der Waals surface area contributed by atoms with Crippen LogP contribution in [-0.2, 0) is 6.54 Å². The Kier molecular flexibility index (Phi) is 4.48. The smallest absolute Gasteiger partial charge is 0.309 e. The number of rotatable bonds is 5. The molecule has 0 amide bonds. The number of benzene rings is 1. The quantitative estimate of drug-likeness (QED) is 0.832. The fourth-order valence-corrected chi connectivity index (χ4v) is 1.84. The SMILES string of the molecule is O=c1[nH]c(CNCC(F)(F)C(F)F)nc2cc(Cl)ccc12. The lowest BCUT2D eigenvalue weighted by Gasteiger charge is -2.15. The Balaban J connectivity index is 2.15. The Hall–Kier alpha value is -1.67. The van der Waals surface area contributed by atoms with Crippen LogP contribution in [-0.4, -0.2) is 28.9 Å². The highest BCUT2D eigenvalue weighted by molar-refractivity contribution is 6.31. The number of nitrogens with one attached hydrogen (secondary N) is 2. The second kappa shape index (κ2) is 5.98. The fraction of sp³-hybridized carbons (Fsp3) is 0.333. The zero-order valence-corrected chi connectivity index (χ0v) is 11.2. The molecule has 0 saturated heterocycles. The Bertz CT molecular complexity index is 704. The molecule has 0 unspecified atom stereocenters. The number of H-pyrrole nitrogens is 1. The van der Waals surface area contributed by atoms with Crippen molar-refractivity contribution < 1.29 is 17.6 Å². The lowest BCUT2D eigenvalue weighted by Crippen LogP contribution is -2.39. The van der Waals surface area contributed by atoms with Crippen LogP contribution in [0.1, 0.15) is 5.82 Å². The first kappa shape index (κ1) is 15.7. The summed E-state index contributed by atoms with van der Waals surface area (Å²) in [6.07, 6.45) is -3.76. The highest BCUT2D eigenvalue weighted by atomic mass is 35.5. The summed E-state index contributed by atoms with van der Waals surface area (Å²) in [6.45, 7) is -1.50. The van der Waals surface area contributed by atoms with Gasteiger partial charge in [0.1, 0.15) is 5.82 Å². The number of fused-ring (bicyclic) bond motifs is 1. The Morgan fingerprint density at radius 2 is 2.10 bits per heavy atom. The normalized spacial score (nSPS) is 12.3. The van der Waals surface area contributed by atoms with Crippen LogP contribution in [0.5, 0.6) is 0 Å². The van der Waals surface area contributed by atoms with Gasteiger partial charge in [0.2, 0.25) is 0 Å². The summed E-state index contributed by atoms with van der Waals surface area (Å²) in [7, 11) is 0. The fourth-order valence-electron chi connectivity index (χ4n) is 1.67. The van der Waals surface area contributed by atoms with Gasteiger partial charge in [0.15, 0.2) is 0 Å². The Morgan fingerprint density at radius 1 is 1.38 bits per heavy atom. The van der Waals surface area contributed by atoms with E-state index in [0.29, 0.717) is 15.9 Å². The first-order valence-electron chi connectivity index (χ1n) is 5.85. The third-order valence-corrected chi connectivity index (χ3v) is 2.93. The summed E-state index contributed by atoms with van der Waals surface area (Å²) in [6, 6.07) is 4.44. The van der Waals surface area contributed by atoms with Crippen molar-refractivity contribution >= 4 is 22.5 Å². The molecular formula is C12H10ClF4N3O. The molecule has 2 rings (SSSR count). The number of halogens is 5. The van der Waals surface area contributed by atoms with Crippen LogP contribution in [0.15, 0.2) is 23.0 Å². The van der Waals surface area contributed by atoms with Crippen LogP contribution in [0.25, 0.3) is 10.9 Å². The standard InChI is InChI=1S/C12H10ClF4N3O/c13-6-1-2-7-8(3-6)19-9(20-10(7)21)4-18-5-12(16,17)11(14)15/h1-3,11,18H,4-5H2,(H,19,20,21). The largest absolute Gasteiger partial charge is 0.319 e. The van der Waals surface area contributed by atoms with Crippen molar-refractivity contribution in [3.8, 4) is 0 Å². The first-order valence-corrected chi connectivity index (χ1v) is 6.22. The van der Waals surface area contributed by atoms with Crippen molar-refractivity contribution in [1.82, 2.24) is 15.3 Å². The van der Waals surface area contributed by atoms with E-state index < -0.39 is 24.5 Å². The van der Waals surface area contributed by atoms with E-state index in [9.17, 15) is 22.4 Å². The lowest BCUT2D eigenvalue weighted by atomic mass is 10.2. The molecule has 0 radical (unpaired) electrons. The highest BCUT2D eigenvalue weighted by Gasteiger charge is 2.40. The zero-order chi connectivity index (χ0) is 15.6. The predicted molar refractivity (Wildman–Crippen MR) is 70.0 cm³/mol. The van der Waals surface area contributed by atoms with Crippen molar-refractivity contribution in [3.05, 3.63) is 39.4 Å². The molecule has 2 aromatic rings. The second-order valence-corrected chi connectivity index (χ2v) is 4.78. The number of nitrogens with zero attached hydrogens (tertiary/aromatic N) is 1. The zero-order valence-electron chi connectivity index (χ0n) is 10.5. The molecule has 0 bridgehead atoms. The van der Waals surface area contributed by atoms with E-state index >= 15 is 0 Å². The third-order valence-electron chi connectivity index (χ3n) is 2.69. The maximum absolute atomic E-state index is 12.7. The average molecular weight is 324 g/mol. The molecule has 0 aliphatic heterocycles. The summed E-state index contributed by atoms with van der Waals surface area (Å²) in [5.74, 6) is -4.08. The van der Waals surface area contributed by atoms with Crippen molar-refractivity contribution in [2.75, 3.05) is 6.54 Å². The van der Waals surface area contributed by atoms with Crippen LogP contribution < -0.4 is 10.9 Å². The number of aromatic amines is 1. The van der Waals surface area contributed by atoms with Gasteiger partial charge < -0.3 is 10.3 Å². The van der Waals surface area contributed by atoms with Gasteiger partial charge in [-0.25, -0.2) is 13.8 Å². The van der Waals surface area contributed by atoms with Gasteiger partial charge >= 0.3 is 12.3 Å². The minimum atomic E-state index is -4.14. The summed E-state index contributed by atoms with van der Waals surface area (Å²) < 4.78 is 49.4. The number of hydrogen-bond donors (Lipinski definition) is 2. The molecule has 114 valence electrons. The molecule has 21 heavy (non-hydrogen) atoms. The van der Waals surface area contributed by atoms with Gasteiger partial charge in [0, 0.05) is 5.02 Å². The van der Waals surface area contributed by atoms with E-state index in [4.69, 9.17) is 11.6 Å². The van der Waals surface area contributed by atoms with E-state index in [2.05, 4.69) is 15.3 Å². The molecule has 9 heteroatoms. The molecule has 1 aromatic heterocycles. The monoisotopic (exact) mass is 323 g/mol. The summed E-state index contributed by atoms with van der Waals surface area (Å²) in [5.41, 5.74) is -0.169. The molecule has 0 aliphatic rings. The van der Waals surface area contributed by atoms with Crippen LogP contribution in [0.4, 0.5) is 17.6 Å². The van der Waals surface area contributed by atoms with Crippen molar-refractivity contribution in [2.45, 2.75) is 18.9 Å². The average Bonchev–Trinajstić information content (AvgIpc) is 2.37. The van der Waals surface area contributed by atoms with E-state index in [-0.39, 0.29) is 12.4 Å². The van der Waals surface area contributed by atoms with Crippen molar-refractivity contribution in [2.24, 2.45) is 0 Å². The van der Waals surface area contributed by atoms with Gasteiger partial charge in [-0.15, -0.1) is 0 Å². The predicted octanol–water partition coefficient (Wildman–Crippen LogP) is 2.57. The molecule has 0 aliphatic carbocycles. The van der Waals surface area contributed by atoms with Gasteiger partial charge in [-0.3, -0.25) is 4.79 Å². The van der Waals surface area contributed by atoms with E-state index in [1.54, 1.807) is 0 Å². The molecular weight excluding hydrogens is 314 g/mol. The van der Waals surface area contributed by atoms with E-state index in [1.807, 2.05) is 0 Å². The maximum Gasteiger partial charge on any atom is 0.319 e. The van der Waals surface area contributed by atoms with Gasteiger partial charge in [-0.1, -0.05) is 11.6 Å². The topological polar surface area (TPSA) is 57.8 Å². The molecule has 4 nitrogen and oxygen atoms in total. The Morgan fingerprint density at radius 3 is 2.76 bits per heavy atom. The molecule has 0 atom stereocenters. The first-order chi connectivity index (χ1) is 9.79. The van der Waals surface area contributed by atoms with Crippen LogP contribution in [0.2, 0.25) is 5.02 Å². The second-order valence-electron chi connectivity index (χ2n) is 4.34. The third kappa shape index (κ3) is 3.70. The summed E-state index contributed by atoms with van der Waals surface area (Å²) in [5, 5.41) is 2.79. The van der Waals surface area contributed by atoms with Crippen LogP contribution in [0, 0.1) is 0 Å². The van der Waals surface area contributed by atoms with Gasteiger partial charge in [0.25, 0.3) is 5.56 Å². The minimum Gasteiger partial charge on any atom is -0.309 e. The molecule has 1 heterocycles. The van der Waals surface area contributed by atoms with E-state index in [0.717, 1.165) is 0 Å². The molecule has 0 saturated carbocycles. The molecule has 0 spiro atoms. The maximum atomic E-state index is 12.7. The lowest BCUT2D eigenvalue weighted by molar-refractivity contribution is -0.125. The Labute approximate surface area is 121 Å². The van der Waals surface area contributed by atoms with Gasteiger partial charge in [-0.05, 0) is 18.2 Å². The number of hydrogen-bond acceptors (Lipinski definition) is 3. The molecule has 2 N–H and O–H groups in total. The number of aromatic nitrogens is 2. The minimum absolute atomic E-state index is 0.0554. The van der Waals surface area contributed by atoms with Crippen LogP contribution >= 0.6 is 11.6 Å². The number of alkyl halides is 4. The highest BCUT2D eigenvalue weighted by Crippen LogP contribution is 2.21. The van der Waals surface area contributed by atoms with Gasteiger partial charge in [-0.2, -0.15) is 8.78 Å². The molecule has 0 fully saturated rings. The molecule has 1 aromatic carbocycles. The van der Waals surface area contributed by atoms with Gasteiger partial charge in [0.05, 0.1) is 24.0 Å².